The zero-order valence-electron chi connectivity index (χ0n) is 16.6. The molecule has 0 saturated carbocycles. The van der Waals surface area contributed by atoms with E-state index < -0.39 is 17.2 Å². The standard InChI is InChI=1S/C18H25N5O4S/c1-11(2)19-17(25)20-16(24)12(3)28-18-22-21-15(23(18)4)10-27-14-8-6-13(26-5)7-9-14/h6-9,11-12H,10H2,1-5H3,(H2,19,20,24,25)/t12-/m1/s1. The number of hydrogen-bond donors (Lipinski definition) is 2. The Morgan fingerprint density at radius 2 is 1.79 bits per heavy atom. The van der Waals surface area contributed by atoms with Crippen LogP contribution < -0.4 is 20.1 Å². The molecule has 9 nitrogen and oxygen atoms in total. The second-order valence-corrected chi connectivity index (χ2v) is 7.61. The van der Waals surface area contributed by atoms with Gasteiger partial charge in [-0.1, -0.05) is 11.8 Å². The number of nitrogens with one attached hydrogen (secondary N) is 2. The van der Waals surface area contributed by atoms with E-state index in [1.54, 1.807) is 37.8 Å². The molecule has 0 unspecified atom stereocenters. The van der Waals surface area contributed by atoms with Crippen LogP contribution in [0.1, 0.15) is 26.6 Å². The molecule has 2 N–H and O–H groups in total. The zero-order chi connectivity index (χ0) is 20.7. The maximum Gasteiger partial charge on any atom is 0.321 e. The van der Waals surface area contributed by atoms with Crippen LogP contribution in [0.5, 0.6) is 11.5 Å². The smallest absolute Gasteiger partial charge is 0.321 e. The van der Waals surface area contributed by atoms with Crippen molar-refractivity contribution in [2.24, 2.45) is 7.05 Å². The molecular weight excluding hydrogens is 382 g/mol. The Labute approximate surface area is 168 Å². The summed E-state index contributed by atoms with van der Waals surface area (Å²) in [6, 6.07) is 6.66. The fraction of sp³-hybridized carbons (Fsp3) is 0.444. The third kappa shape index (κ3) is 6.15. The average Bonchev–Trinajstić information content (AvgIpc) is 2.99. The van der Waals surface area contributed by atoms with Gasteiger partial charge in [0.15, 0.2) is 11.0 Å². The molecule has 1 heterocycles. The monoisotopic (exact) mass is 407 g/mol. The number of methoxy groups -OCH3 is 1. The highest BCUT2D eigenvalue weighted by molar-refractivity contribution is 8.00. The second-order valence-electron chi connectivity index (χ2n) is 6.30. The molecule has 0 spiro atoms. The number of benzene rings is 1. The Kier molecular flexibility index (Phi) is 7.68. The summed E-state index contributed by atoms with van der Waals surface area (Å²) in [6.07, 6.45) is 0. The lowest BCUT2D eigenvalue weighted by molar-refractivity contribution is -0.119. The van der Waals surface area contributed by atoms with Crippen LogP contribution in [0.3, 0.4) is 0 Å². The van der Waals surface area contributed by atoms with Crippen LogP contribution in [-0.4, -0.2) is 45.1 Å². The number of carbonyl (C=O) groups is 2. The number of ether oxygens (including phenoxy) is 2. The number of aromatic nitrogens is 3. The van der Waals surface area contributed by atoms with Crippen LogP contribution in [0.4, 0.5) is 4.79 Å². The summed E-state index contributed by atoms with van der Waals surface area (Å²) in [4.78, 5) is 23.8. The van der Waals surface area contributed by atoms with Gasteiger partial charge in [0.05, 0.1) is 12.4 Å². The predicted octanol–water partition coefficient (Wildman–Crippen LogP) is 2.12. The first-order valence-electron chi connectivity index (χ1n) is 8.73. The van der Waals surface area contributed by atoms with Gasteiger partial charge < -0.3 is 19.4 Å². The molecule has 0 aliphatic rings. The number of nitrogens with zero attached hydrogens (tertiary/aromatic N) is 3. The summed E-state index contributed by atoms with van der Waals surface area (Å²) in [5, 5.41) is 13.2. The number of rotatable bonds is 8. The molecule has 28 heavy (non-hydrogen) atoms. The van der Waals surface area contributed by atoms with Gasteiger partial charge in [0, 0.05) is 13.1 Å². The van der Waals surface area contributed by atoms with Crippen molar-refractivity contribution in [3.05, 3.63) is 30.1 Å². The van der Waals surface area contributed by atoms with E-state index in [0.717, 1.165) is 5.75 Å². The average molecular weight is 407 g/mol. The minimum atomic E-state index is -0.517. The number of thioether (sulfide) groups is 1. The lowest BCUT2D eigenvalue weighted by atomic mass is 10.3. The zero-order valence-corrected chi connectivity index (χ0v) is 17.4. The van der Waals surface area contributed by atoms with Crippen LogP contribution in [0, 0.1) is 0 Å². The van der Waals surface area contributed by atoms with Gasteiger partial charge in [-0.2, -0.15) is 0 Å². The highest BCUT2D eigenvalue weighted by Crippen LogP contribution is 2.22. The summed E-state index contributed by atoms with van der Waals surface area (Å²) in [5.74, 6) is 1.65. The first-order valence-corrected chi connectivity index (χ1v) is 9.61. The van der Waals surface area contributed by atoms with Gasteiger partial charge in [0.1, 0.15) is 18.1 Å². The number of urea groups is 1. The van der Waals surface area contributed by atoms with Gasteiger partial charge in [-0.15, -0.1) is 10.2 Å². The van der Waals surface area contributed by atoms with E-state index in [4.69, 9.17) is 9.47 Å². The van der Waals surface area contributed by atoms with Crippen LogP contribution in [0.25, 0.3) is 0 Å². The number of carbonyl (C=O) groups excluding carboxylic acids is 2. The Balaban J connectivity index is 1.90. The molecule has 10 heteroatoms. The third-order valence-corrected chi connectivity index (χ3v) is 4.79. The molecule has 2 aromatic rings. The van der Waals surface area contributed by atoms with Gasteiger partial charge in [0.25, 0.3) is 0 Å². The first-order chi connectivity index (χ1) is 13.3. The summed E-state index contributed by atoms with van der Waals surface area (Å²) in [6.45, 7) is 5.56. The van der Waals surface area contributed by atoms with Crippen molar-refractivity contribution in [2.45, 2.75) is 43.8 Å². The lowest BCUT2D eigenvalue weighted by Crippen LogP contribution is -2.45. The maximum atomic E-state index is 12.1. The molecule has 2 rings (SSSR count). The quantitative estimate of drug-likeness (QED) is 0.645. The van der Waals surface area contributed by atoms with Gasteiger partial charge in [-0.25, -0.2) is 4.79 Å². The van der Waals surface area contributed by atoms with Crippen molar-refractivity contribution in [3.63, 3.8) is 0 Å². The molecular formula is C18H25N5O4S. The van der Waals surface area contributed by atoms with E-state index in [1.165, 1.54) is 11.8 Å². The largest absolute Gasteiger partial charge is 0.497 e. The molecule has 0 aliphatic heterocycles. The summed E-state index contributed by atoms with van der Waals surface area (Å²) < 4.78 is 12.6. The predicted molar refractivity (Wildman–Crippen MR) is 105 cm³/mol. The second kappa shape index (κ2) is 9.98. The fourth-order valence-electron chi connectivity index (χ4n) is 2.12. The molecule has 0 saturated heterocycles. The summed E-state index contributed by atoms with van der Waals surface area (Å²) in [7, 11) is 3.40. The normalized spacial score (nSPS) is 11.8. The maximum absolute atomic E-state index is 12.1. The molecule has 0 bridgehead atoms. The van der Waals surface area contributed by atoms with Crippen LogP contribution in [0.2, 0.25) is 0 Å². The highest BCUT2D eigenvalue weighted by Gasteiger charge is 2.21. The van der Waals surface area contributed by atoms with E-state index >= 15 is 0 Å². The number of hydrogen-bond acceptors (Lipinski definition) is 7. The Bertz CT molecular complexity index is 807. The third-order valence-electron chi connectivity index (χ3n) is 3.66. The fourth-order valence-corrected chi connectivity index (χ4v) is 2.95. The molecule has 3 amide bonds. The van der Waals surface area contributed by atoms with Crippen molar-refractivity contribution in [1.82, 2.24) is 25.4 Å². The molecule has 152 valence electrons. The Hall–Kier alpha value is -2.75. The Morgan fingerprint density at radius 1 is 1.14 bits per heavy atom. The minimum absolute atomic E-state index is 0.0530. The topological polar surface area (TPSA) is 107 Å². The first kappa shape index (κ1) is 21.5. The van der Waals surface area contributed by atoms with E-state index in [2.05, 4.69) is 20.8 Å². The molecule has 0 fully saturated rings. The highest BCUT2D eigenvalue weighted by atomic mass is 32.2. The van der Waals surface area contributed by atoms with E-state index in [0.29, 0.717) is 16.7 Å². The van der Waals surface area contributed by atoms with Crippen molar-refractivity contribution < 1.29 is 19.1 Å². The van der Waals surface area contributed by atoms with Gasteiger partial charge in [-0.05, 0) is 45.0 Å². The molecule has 1 atom stereocenters. The van der Waals surface area contributed by atoms with Crippen molar-refractivity contribution in [1.29, 1.82) is 0 Å². The molecule has 1 aromatic carbocycles. The van der Waals surface area contributed by atoms with Crippen LogP contribution >= 0.6 is 11.8 Å². The van der Waals surface area contributed by atoms with Crippen LogP contribution in [0.15, 0.2) is 29.4 Å². The van der Waals surface area contributed by atoms with E-state index in [-0.39, 0.29) is 12.6 Å². The van der Waals surface area contributed by atoms with Gasteiger partial charge >= 0.3 is 6.03 Å². The van der Waals surface area contributed by atoms with Crippen molar-refractivity contribution in [3.8, 4) is 11.5 Å². The molecule has 0 aliphatic carbocycles. The molecule has 1 aromatic heterocycles. The SMILES string of the molecule is COc1ccc(OCc2nnc(S[C@H](C)C(=O)NC(=O)NC(C)C)n2C)cc1. The van der Waals surface area contributed by atoms with Crippen LogP contribution in [-0.2, 0) is 18.4 Å². The van der Waals surface area contributed by atoms with E-state index in [9.17, 15) is 9.59 Å². The lowest BCUT2D eigenvalue weighted by Gasteiger charge is -2.13. The van der Waals surface area contributed by atoms with Crippen molar-refractivity contribution in [2.75, 3.05) is 7.11 Å². The van der Waals surface area contributed by atoms with Crippen molar-refractivity contribution >= 4 is 23.7 Å². The van der Waals surface area contributed by atoms with Gasteiger partial charge in [0.2, 0.25) is 5.91 Å². The molecule has 0 radical (unpaired) electrons. The van der Waals surface area contributed by atoms with Gasteiger partial charge in [-0.3, -0.25) is 10.1 Å². The summed E-state index contributed by atoms with van der Waals surface area (Å²) in [5.41, 5.74) is 0. The summed E-state index contributed by atoms with van der Waals surface area (Å²) >= 11 is 1.21. The van der Waals surface area contributed by atoms with E-state index in [1.807, 2.05) is 26.0 Å². The minimum Gasteiger partial charge on any atom is -0.497 e. The number of amides is 3. The Morgan fingerprint density at radius 3 is 2.39 bits per heavy atom. The number of imide groups is 1.